The van der Waals surface area contributed by atoms with E-state index >= 15 is 0 Å². The molecule has 0 aromatic heterocycles. The van der Waals surface area contributed by atoms with Crippen LogP contribution in [0.4, 0.5) is 5.69 Å². The molecule has 4 heteroatoms. The summed E-state index contributed by atoms with van der Waals surface area (Å²) in [6, 6.07) is 9.40. The number of ketones is 2. The summed E-state index contributed by atoms with van der Waals surface area (Å²) in [5, 5.41) is 9.01. The molecule has 3 fully saturated rings. The van der Waals surface area contributed by atoms with Gasteiger partial charge in [-0.05, 0) is 109 Å². The molecule has 6 atom stereocenters. The van der Waals surface area contributed by atoms with E-state index in [0.29, 0.717) is 48.7 Å². The first-order chi connectivity index (χ1) is 19.4. The maximum atomic E-state index is 13.6. The topological polar surface area (TPSA) is 57.6 Å². The average Bonchev–Trinajstić information content (AvgIpc) is 3.33. The summed E-state index contributed by atoms with van der Waals surface area (Å²) in [4.78, 5) is 28.6. The number of carbonyl (C=O) groups excluding carboxylic acids is 2. The van der Waals surface area contributed by atoms with Crippen LogP contribution in [0, 0.1) is 40.9 Å². The highest BCUT2D eigenvalue weighted by Crippen LogP contribution is 2.66. The van der Waals surface area contributed by atoms with E-state index in [9.17, 15) is 9.59 Å². The van der Waals surface area contributed by atoms with Crippen LogP contribution >= 0.6 is 0 Å². The zero-order valence-corrected chi connectivity index (χ0v) is 24.4. The van der Waals surface area contributed by atoms with Gasteiger partial charge in [0, 0.05) is 49.9 Å². The van der Waals surface area contributed by atoms with E-state index in [2.05, 4.69) is 54.9 Å². The zero-order chi connectivity index (χ0) is 27.9. The molecule has 212 valence electrons. The van der Waals surface area contributed by atoms with E-state index in [1.54, 1.807) is 5.57 Å². The Balaban J connectivity index is 1.38. The number of hydrogen-bond donors (Lipinski definition) is 1. The first-order valence-electron chi connectivity index (χ1n) is 15.8. The molecule has 40 heavy (non-hydrogen) atoms. The second-order valence-corrected chi connectivity index (χ2v) is 13.4. The summed E-state index contributed by atoms with van der Waals surface area (Å²) in [6.45, 7) is 6.88. The minimum absolute atomic E-state index is 0.0299. The van der Waals surface area contributed by atoms with Crippen LogP contribution in [0.2, 0.25) is 0 Å². The van der Waals surface area contributed by atoms with Crippen LogP contribution in [0.15, 0.2) is 47.1 Å². The Hall–Kier alpha value is -2.64. The van der Waals surface area contributed by atoms with Gasteiger partial charge in [0.05, 0.1) is 0 Å². The zero-order valence-electron chi connectivity index (χ0n) is 24.4. The van der Waals surface area contributed by atoms with Crippen molar-refractivity contribution in [3.05, 3.63) is 52.6 Å². The highest BCUT2D eigenvalue weighted by molar-refractivity contribution is 5.93. The van der Waals surface area contributed by atoms with E-state index in [0.717, 1.165) is 45.2 Å². The average molecular weight is 540 g/mol. The van der Waals surface area contributed by atoms with Gasteiger partial charge < -0.3 is 10.0 Å². The maximum Gasteiger partial charge on any atom is 0.156 e. The molecule has 1 N–H and O–H groups in total. The monoisotopic (exact) mass is 539 g/mol. The third-order valence-electron chi connectivity index (χ3n) is 11.2. The lowest BCUT2D eigenvalue weighted by Gasteiger charge is -2.53. The lowest BCUT2D eigenvalue weighted by molar-refractivity contribution is -0.127. The van der Waals surface area contributed by atoms with E-state index < -0.39 is 0 Å². The van der Waals surface area contributed by atoms with Gasteiger partial charge >= 0.3 is 0 Å². The van der Waals surface area contributed by atoms with Gasteiger partial charge in [-0.2, -0.15) is 0 Å². The van der Waals surface area contributed by atoms with E-state index in [4.69, 9.17) is 5.11 Å². The summed E-state index contributed by atoms with van der Waals surface area (Å²) in [6.07, 6.45) is 12.5. The number of hydrogen-bond acceptors (Lipinski definition) is 4. The van der Waals surface area contributed by atoms with Crippen LogP contribution in [0.1, 0.15) is 96.0 Å². The van der Waals surface area contributed by atoms with Crippen LogP contribution in [0.3, 0.4) is 0 Å². The third kappa shape index (κ3) is 4.89. The van der Waals surface area contributed by atoms with Gasteiger partial charge in [0.15, 0.2) is 5.78 Å². The molecule has 1 saturated heterocycles. The van der Waals surface area contributed by atoms with Gasteiger partial charge in [-0.15, -0.1) is 5.92 Å². The van der Waals surface area contributed by atoms with Crippen molar-refractivity contribution in [2.24, 2.45) is 29.1 Å². The number of Topliss-reactive ketones (excluding diaryl/α,β-unsaturated/α-hetero) is 1. The number of rotatable bonds is 5. The van der Waals surface area contributed by atoms with Crippen molar-refractivity contribution in [2.75, 3.05) is 24.6 Å². The Morgan fingerprint density at radius 1 is 1.07 bits per heavy atom. The van der Waals surface area contributed by atoms with Crippen LogP contribution < -0.4 is 4.90 Å². The van der Waals surface area contributed by atoms with Crippen molar-refractivity contribution in [1.29, 1.82) is 0 Å². The Bertz CT molecular complexity index is 1270. The molecule has 1 aliphatic heterocycles. The molecular formula is C36H45NO3. The highest BCUT2D eigenvalue weighted by atomic mass is 16.2. The SMILES string of the molecule is CC1C[C@@H]2C(=C3CCC(=O)C=C31)[C@@H](c1ccc(N3CCCCC3)cc1)C[C@]1(C)[C@@H](C(=O)CCC#CCO)CC[C@@H]21. The Kier molecular flexibility index (Phi) is 7.79. The largest absolute Gasteiger partial charge is 0.384 e. The molecular weight excluding hydrogens is 494 g/mol. The van der Waals surface area contributed by atoms with Gasteiger partial charge in [0.25, 0.3) is 0 Å². The Morgan fingerprint density at radius 2 is 1.85 bits per heavy atom. The molecule has 1 unspecified atom stereocenters. The molecule has 4 aliphatic carbocycles. The molecule has 5 aliphatic rings. The van der Waals surface area contributed by atoms with Gasteiger partial charge in [-0.3, -0.25) is 9.59 Å². The molecule has 1 aromatic rings. The summed E-state index contributed by atoms with van der Waals surface area (Å²) in [5.74, 6) is 8.06. The molecule has 0 spiro atoms. The molecule has 0 radical (unpaired) electrons. The fourth-order valence-corrected chi connectivity index (χ4v) is 9.35. The summed E-state index contributed by atoms with van der Waals surface area (Å²) < 4.78 is 0. The number of anilines is 1. The second-order valence-electron chi connectivity index (χ2n) is 13.4. The molecule has 0 bridgehead atoms. The summed E-state index contributed by atoms with van der Waals surface area (Å²) in [7, 11) is 0. The number of benzene rings is 1. The highest BCUT2D eigenvalue weighted by Gasteiger charge is 2.58. The van der Waals surface area contributed by atoms with Crippen molar-refractivity contribution < 1.29 is 14.7 Å². The van der Waals surface area contributed by atoms with Gasteiger partial charge in [-0.1, -0.05) is 37.5 Å². The Morgan fingerprint density at radius 3 is 2.60 bits per heavy atom. The standard InChI is InChI=1S/C36H45NO3/c1-24-21-30-32-16-17-33(34(40)9-5-3-8-20-38)36(32,2)23-31(35(30)28-15-14-27(39)22-29(24)28)25-10-12-26(13-11-25)37-18-6-4-7-19-37/h10-13,22,24,30-33,38H,4-7,9,14-21,23H2,1-2H3/t24?,30-,31+,32-,33+,36-/m0/s1. The quantitative estimate of drug-likeness (QED) is 0.419. The van der Waals surface area contributed by atoms with E-state index in [1.807, 2.05) is 6.08 Å². The number of carbonyl (C=O) groups is 2. The number of fused-ring (bicyclic) bond motifs is 4. The Labute approximate surface area is 240 Å². The van der Waals surface area contributed by atoms with Gasteiger partial charge in [-0.25, -0.2) is 0 Å². The number of piperidine rings is 1. The lowest BCUT2D eigenvalue weighted by atomic mass is 9.50. The number of aliphatic hydroxyl groups excluding tert-OH is 1. The van der Waals surface area contributed by atoms with Crippen molar-refractivity contribution in [3.63, 3.8) is 0 Å². The first-order valence-corrected chi connectivity index (χ1v) is 15.8. The predicted octanol–water partition coefficient (Wildman–Crippen LogP) is 6.78. The normalized spacial score (nSPS) is 33.4. The number of nitrogens with zero attached hydrogens (tertiary/aromatic N) is 1. The molecule has 0 amide bonds. The molecule has 6 rings (SSSR count). The maximum absolute atomic E-state index is 13.6. The summed E-state index contributed by atoms with van der Waals surface area (Å²) >= 11 is 0. The second kappa shape index (κ2) is 11.3. The molecule has 2 saturated carbocycles. The number of allylic oxidation sites excluding steroid dienone is 4. The molecule has 1 aromatic carbocycles. The van der Waals surface area contributed by atoms with Crippen molar-refractivity contribution in [3.8, 4) is 11.8 Å². The van der Waals surface area contributed by atoms with E-state index in [-0.39, 0.29) is 23.7 Å². The minimum atomic E-state index is -0.144. The van der Waals surface area contributed by atoms with Crippen LogP contribution in [-0.2, 0) is 9.59 Å². The number of aliphatic hydroxyl groups is 1. The molecule has 4 nitrogen and oxygen atoms in total. The predicted molar refractivity (Wildman–Crippen MR) is 160 cm³/mol. The smallest absolute Gasteiger partial charge is 0.156 e. The van der Waals surface area contributed by atoms with Crippen molar-refractivity contribution in [1.82, 2.24) is 0 Å². The van der Waals surface area contributed by atoms with Crippen molar-refractivity contribution >= 4 is 17.3 Å². The molecule has 1 heterocycles. The minimum Gasteiger partial charge on any atom is -0.384 e. The lowest BCUT2D eigenvalue weighted by Crippen LogP contribution is -2.45. The third-order valence-corrected chi connectivity index (χ3v) is 11.2. The first kappa shape index (κ1) is 27.5. The van der Waals surface area contributed by atoms with Crippen LogP contribution in [0.5, 0.6) is 0 Å². The van der Waals surface area contributed by atoms with Crippen LogP contribution in [-0.4, -0.2) is 36.4 Å². The fraction of sp³-hybridized carbons (Fsp3) is 0.611. The van der Waals surface area contributed by atoms with Gasteiger partial charge in [0.1, 0.15) is 12.4 Å². The van der Waals surface area contributed by atoms with Crippen molar-refractivity contribution in [2.45, 2.75) is 90.4 Å². The van der Waals surface area contributed by atoms with Crippen LogP contribution in [0.25, 0.3) is 0 Å². The van der Waals surface area contributed by atoms with E-state index in [1.165, 1.54) is 41.7 Å². The fourth-order valence-electron chi connectivity index (χ4n) is 9.35. The summed E-state index contributed by atoms with van der Waals surface area (Å²) in [5.41, 5.74) is 7.06. The van der Waals surface area contributed by atoms with Gasteiger partial charge in [0.2, 0.25) is 0 Å².